The molecule has 1 unspecified atom stereocenters. The average molecular weight is 265 g/mol. The van der Waals surface area contributed by atoms with Gasteiger partial charge in [-0.3, -0.25) is 4.79 Å². The molecule has 2 aromatic rings. The van der Waals surface area contributed by atoms with Crippen molar-refractivity contribution in [2.45, 2.75) is 6.10 Å². The van der Waals surface area contributed by atoms with Crippen LogP contribution in [0.2, 0.25) is 0 Å². The first-order valence-corrected chi connectivity index (χ1v) is 6.51. The molecule has 3 rings (SSSR count). The van der Waals surface area contributed by atoms with Crippen molar-refractivity contribution in [2.24, 2.45) is 0 Å². The Morgan fingerprint density at radius 1 is 1.00 bits per heavy atom. The minimum Gasteiger partial charge on any atom is -0.387 e. The quantitative estimate of drug-likeness (QED) is 0.927. The molecular formula is C17H15NO2. The number of hydrogen-bond donors (Lipinski definition) is 1. The van der Waals surface area contributed by atoms with Crippen LogP contribution in [-0.4, -0.2) is 22.5 Å². The summed E-state index contributed by atoms with van der Waals surface area (Å²) < 4.78 is 0. The van der Waals surface area contributed by atoms with Crippen molar-refractivity contribution in [3.63, 3.8) is 0 Å². The van der Waals surface area contributed by atoms with Gasteiger partial charge in [0.15, 0.2) is 0 Å². The molecule has 0 bridgehead atoms. The SMILES string of the molecule is C=C1c2ccccc2C(=O)N1CC(O)c1ccccc1. The van der Waals surface area contributed by atoms with Crippen molar-refractivity contribution in [1.82, 2.24) is 4.90 Å². The van der Waals surface area contributed by atoms with E-state index in [4.69, 9.17) is 0 Å². The maximum atomic E-state index is 12.3. The van der Waals surface area contributed by atoms with E-state index < -0.39 is 6.10 Å². The number of aliphatic hydroxyl groups excluding tert-OH is 1. The van der Waals surface area contributed by atoms with Crippen molar-refractivity contribution in [2.75, 3.05) is 6.54 Å². The number of β-amino-alcohol motifs (C(OH)–C–C–N with tert-alkyl or cyclic N) is 1. The van der Waals surface area contributed by atoms with E-state index in [2.05, 4.69) is 6.58 Å². The largest absolute Gasteiger partial charge is 0.387 e. The average Bonchev–Trinajstić information content (AvgIpc) is 2.74. The molecule has 20 heavy (non-hydrogen) atoms. The van der Waals surface area contributed by atoms with Crippen LogP contribution in [0, 0.1) is 0 Å². The molecule has 0 spiro atoms. The second-order valence-electron chi connectivity index (χ2n) is 4.83. The van der Waals surface area contributed by atoms with E-state index >= 15 is 0 Å². The minimum absolute atomic E-state index is 0.0967. The lowest BCUT2D eigenvalue weighted by molar-refractivity contribution is 0.0760. The third-order valence-electron chi connectivity index (χ3n) is 3.58. The molecule has 0 saturated heterocycles. The Balaban J connectivity index is 1.84. The third-order valence-corrected chi connectivity index (χ3v) is 3.58. The van der Waals surface area contributed by atoms with E-state index in [-0.39, 0.29) is 12.5 Å². The summed E-state index contributed by atoms with van der Waals surface area (Å²) in [5.74, 6) is -0.0967. The zero-order valence-electron chi connectivity index (χ0n) is 11.0. The van der Waals surface area contributed by atoms with E-state index in [1.165, 1.54) is 0 Å². The predicted octanol–water partition coefficient (Wildman–Crippen LogP) is 2.85. The number of amides is 1. The summed E-state index contributed by atoms with van der Waals surface area (Å²) in [6, 6.07) is 16.7. The first kappa shape index (κ1) is 12.6. The lowest BCUT2D eigenvalue weighted by Crippen LogP contribution is -2.28. The Kier molecular flexibility index (Phi) is 3.12. The molecule has 1 atom stereocenters. The van der Waals surface area contributed by atoms with Crippen molar-refractivity contribution < 1.29 is 9.90 Å². The van der Waals surface area contributed by atoms with Crippen molar-refractivity contribution >= 4 is 11.6 Å². The Morgan fingerprint density at radius 2 is 1.60 bits per heavy atom. The van der Waals surface area contributed by atoms with Gasteiger partial charge in [-0.15, -0.1) is 0 Å². The van der Waals surface area contributed by atoms with Crippen LogP contribution in [0.25, 0.3) is 5.70 Å². The van der Waals surface area contributed by atoms with Gasteiger partial charge in [0, 0.05) is 16.8 Å². The van der Waals surface area contributed by atoms with Crippen LogP contribution in [0.1, 0.15) is 27.6 Å². The molecule has 0 fully saturated rings. The summed E-state index contributed by atoms with van der Waals surface area (Å²) in [7, 11) is 0. The maximum absolute atomic E-state index is 12.3. The number of fused-ring (bicyclic) bond motifs is 1. The van der Waals surface area contributed by atoms with Gasteiger partial charge in [0.1, 0.15) is 0 Å². The maximum Gasteiger partial charge on any atom is 0.259 e. The fraction of sp³-hybridized carbons (Fsp3) is 0.118. The van der Waals surface area contributed by atoms with Crippen LogP contribution >= 0.6 is 0 Å². The first-order chi connectivity index (χ1) is 9.68. The lowest BCUT2D eigenvalue weighted by Gasteiger charge is -2.21. The summed E-state index contributed by atoms with van der Waals surface area (Å²) in [5.41, 5.74) is 2.94. The highest BCUT2D eigenvalue weighted by atomic mass is 16.3. The molecule has 0 aromatic heterocycles. The van der Waals surface area contributed by atoms with Crippen LogP contribution in [0.3, 0.4) is 0 Å². The Hall–Kier alpha value is -2.39. The van der Waals surface area contributed by atoms with Gasteiger partial charge < -0.3 is 10.0 Å². The van der Waals surface area contributed by atoms with Gasteiger partial charge >= 0.3 is 0 Å². The van der Waals surface area contributed by atoms with E-state index in [0.717, 1.165) is 11.1 Å². The molecule has 1 aliphatic heterocycles. The topological polar surface area (TPSA) is 40.5 Å². The number of nitrogens with zero attached hydrogens (tertiary/aromatic N) is 1. The van der Waals surface area contributed by atoms with Gasteiger partial charge in [-0.25, -0.2) is 0 Å². The van der Waals surface area contributed by atoms with Crippen LogP contribution in [0.15, 0.2) is 61.2 Å². The first-order valence-electron chi connectivity index (χ1n) is 6.51. The monoisotopic (exact) mass is 265 g/mol. The van der Waals surface area contributed by atoms with E-state index in [1.807, 2.05) is 48.5 Å². The minimum atomic E-state index is -0.716. The Labute approximate surface area is 117 Å². The zero-order valence-corrected chi connectivity index (χ0v) is 11.0. The van der Waals surface area contributed by atoms with Gasteiger partial charge in [-0.2, -0.15) is 0 Å². The predicted molar refractivity (Wildman–Crippen MR) is 77.9 cm³/mol. The van der Waals surface area contributed by atoms with Gasteiger partial charge in [0.2, 0.25) is 0 Å². The second-order valence-corrected chi connectivity index (χ2v) is 4.83. The fourth-order valence-electron chi connectivity index (χ4n) is 2.48. The normalized spacial score (nSPS) is 15.3. The molecular weight excluding hydrogens is 250 g/mol. The fourth-order valence-corrected chi connectivity index (χ4v) is 2.48. The molecule has 0 radical (unpaired) electrons. The summed E-state index contributed by atoms with van der Waals surface area (Å²) >= 11 is 0. The number of benzene rings is 2. The Bertz CT molecular complexity index is 629. The number of carbonyl (C=O) groups excluding carboxylic acids is 1. The smallest absolute Gasteiger partial charge is 0.259 e. The van der Waals surface area contributed by atoms with Gasteiger partial charge in [0.05, 0.1) is 12.6 Å². The van der Waals surface area contributed by atoms with Gasteiger partial charge in [-0.1, -0.05) is 55.1 Å². The molecule has 1 N–H and O–H groups in total. The van der Waals surface area contributed by atoms with Crippen LogP contribution in [0.5, 0.6) is 0 Å². The summed E-state index contributed by atoms with van der Waals surface area (Å²) in [6.45, 7) is 4.19. The highest BCUT2D eigenvalue weighted by Gasteiger charge is 2.31. The van der Waals surface area contributed by atoms with Crippen molar-refractivity contribution in [3.05, 3.63) is 77.9 Å². The van der Waals surface area contributed by atoms with Crippen LogP contribution in [-0.2, 0) is 0 Å². The molecule has 3 heteroatoms. The molecule has 1 aliphatic rings. The van der Waals surface area contributed by atoms with Crippen LogP contribution in [0.4, 0.5) is 0 Å². The highest BCUT2D eigenvalue weighted by Crippen LogP contribution is 2.32. The molecule has 1 heterocycles. The molecule has 3 nitrogen and oxygen atoms in total. The molecule has 100 valence electrons. The zero-order chi connectivity index (χ0) is 14.1. The van der Waals surface area contributed by atoms with E-state index in [0.29, 0.717) is 11.3 Å². The molecule has 0 aliphatic carbocycles. The van der Waals surface area contributed by atoms with E-state index in [1.54, 1.807) is 11.0 Å². The van der Waals surface area contributed by atoms with E-state index in [9.17, 15) is 9.90 Å². The lowest BCUT2D eigenvalue weighted by atomic mass is 10.1. The number of hydrogen-bond acceptors (Lipinski definition) is 2. The van der Waals surface area contributed by atoms with Crippen LogP contribution < -0.4 is 0 Å². The Morgan fingerprint density at radius 3 is 2.25 bits per heavy atom. The second kappa shape index (κ2) is 4.94. The standard InChI is InChI=1S/C17H15NO2/c1-12-14-9-5-6-10-15(14)17(20)18(12)11-16(19)13-7-3-2-4-8-13/h2-10,16,19H,1,11H2. The number of carbonyl (C=O) groups is 1. The van der Waals surface area contributed by atoms with Gasteiger partial charge in [-0.05, 0) is 11.6 Å². The molecule has 2 aromatic carbocycles. The molecule has 0 saturated carbocycles. The highest BCUT2D eigenvalue weighted by molar-refractivity contribution is 6.08. The summed E-state index contributed by atoms with van der Waals surface area (Å²) in [6.07, 6.45) is -0.716. The van der Waals surface area contributed by atoms with Crippen molar-refractivity contribution in [1.29, 1.82) is 0 Å². The third kappa shape index (κ3) is 2.02. The van der Waals surface area contributed by atoms with Gasteiger partial charge in [0.25, 0.3) is 5.91 Å². The summed E-state index contributed by atoms with van der Waals surface area (Å²) in [4.78, 5) is 13.9. The van der Waals surface area contributed by atoms with Crippen molar-refractivity contribution in [3.8, 4) is 0 Å². The number of rotatable bonds is 3. The number of aliphatic hydroxyl groups is 1. The summed E-state index contributed by atoms with van der Waals surface area (Å²) in [5, 5.41) is 10.3. The molecule has 1 amide bonds.